The van der Waals surface area contributed by atoms with Gasteiger partial charge in [0.25, 0.3) is 5.91 Å². The second-order valence-corrected chi connectivity index (χ2v) is 9.46. The summed E-state index contributed by atoms with van der Waals surface area (Å²) in [6.45, 7) is 2.05. The van der Waals surface area contributed by atoms with E-state index in [1.54, 1.807) is 0 Å². The Morgan fingerprint density at radius 1 is 1.16 bits per heavy atom. The summed E-state index contributed by atoms with van der Waals surface area (Å²) in [7, 11) is 0. The molecule has 25 heavy (non-hydrogen) atoms. The van der Waals surface area contributed by atoms with Crippen molar-refractivity contribution in [3.8, 4) is 0 Å². The number of rotatable bonds is 2. The normalized spacial score (nSPS) is 30.1. The van der Waals surface area contributed by atoms with Gasteiger partial charge in [-0.3, -0.25) is 4.79 Å². The third-order valence-electron chi connectivity index (χ3n) is 6.25. The van der Waals surface area contributed by atoms with Crippen molar-refractivity contribution in [2.75, 3.05) is 0 Å². The maximum Gasteiger partial charge on any atom is 0.283 e. The molecule has 4 saturated carbocycles. The molecule has 0 spiro atoms. The Balaban J connectivity index is 1.40. The van der Waals surface area contributed by atoms with Crippen LogP contribution in [0, 0.1) is 30.6 Å². The molecule has 6 rings (SSSR count). The van der Waals surface area contributed by atoms with Gasteiger partial charge in [-0.15, -0.1) is 11.3 Å². The Morgan fingerprint density at radius 3 is 2.52 bits per heavy atom. The van der Waals surface area contributed by atoms with Crippen LogP contribution < -0.4 is 5.43 Å². The number of hydrazone groups is 1. The van der Waals surface area contributed by atoms with Crippen LogP contribution in [0.1, 0.15) is 47.3 Å². The lowest BCUT2D eigenvalue weighted by Crippen LogP contribution is -2.46. The molecule has 0 radical (unpaired) electrons. The van der Waals surface area contributed by atoms with E-state index in [1.807, 2.05) is 19.1 Å². The molecular formula is C20H21ClN2OS. The van der Waals surface area contributed by atoms with Crippen molar-refractivity contribution in [3.63, 3.8) is 0 Å². The second kappa shape index (κ2) is 5.82. The highest BCUT2D eigenvalue weighted by molar-refractivity contribution is 7.21. The molecule has 130 valence electrons. The Kier molecular flexibility index (Phi) is 3.68. The molecule has 3 nitrogen and oxygen atoms in total. The van der Waals surface area contributed by atoms with Gasteiger partial charge in [0.2, 0.25) is 0 Å². The van der Waals surface area contributed by atoms with Gasteiger partial charge in [-0.1, -0.05) is 23.7 Å². The van der Waals surface area contributed by atoms with Gasteiger partial charge in [-0.2, -0.15) is 5.10 Å². The number of hydrogen-bond acceptors (Lipinski definition) is 3. The summed E-state index contributed by atoms with van der Waals surface area (Å²) in [5.74, 6) is 2.81. The lowest BCUT2D eigenvalue weighted by atomic mass is 9.55. The van der Waals surface area contributed by atoms with Crippen molar-refractivity contribution in [1.82, 2.24) is 5.43 Å². The van der Waals surface area contributed by atoms with Gasteiger partial charge in [0.15, 0.2) is 0 Å². The monoisotopic (exact) mass is 372 g/mol. The first-order valence-electron chi connectivity index (χ1n) is 9.15. The van der Waals surface area contributed by atoms with Gasteiger partial charge >= 0.3 is 0 Å². The highest BCUT2D eigenvalue weighted by Gasteiger charge is 2.46. The molecule has 0 aliphatic heterocycles. The zero-order valence-corrected chi connectivity index (χ0v) is 15.8. The number of nitrogens with one attached hydrogen (secondary N) is 1. The zero-order chi connectivity index (χ0) is 17.1. The highest BCUT2D eigenvalue weighted by Crippen LogP contribution is 2.52. The van der Waals surface area contributed by atoms with Gasteiger partial charge < -0.3 is 0 Å². The van der Waals surface area contributed by atoms with Crippen LogP contribution in [0.4, 0.5) is 0 Å². The largest absolute Gasteiger partial charge is 0.283 e. The van der Waals surface area contributed by atoms with Crippen LogP contribution in [-0.2, 0) is 0 Å². The number of carbonyl (C=O) groups is 1. The molecule has 4 aliphatic rings. The molecule has 0 saturated heterocycles. The fourth-order valence-electron chi connectivity index (χ4n) is 5.33. The van der Waals surface area contributed by atoms with Crippen molar-refractivity contribution in [1.29, 1.82) is 0 Å². The first-order chi connectivity index (χ1) is 12.1. The molecule has 1 aromatic heterocycles. The SMILES string of the molecule is Cc1ccc2c(Cl)c(C(=O)NN=C3C4CC5CC(C4)CC3C5)sc2c1. The number of benzene rings is 1. The zero-order valence-electron chi connectivity index (χ0n) is 14.2. The first-order valence-corrected chi connectivity index (χ1v) is 10.3. The number of halogens is 1. The van der Waals surface area contributed by atoms with Crippen molar-refractivity contribution >= 4 is 44.6 Å². The van der Waals surface area contributed by atoms with Crippen LogP contribution in [0.25, 0.3) is 10.1 Å². The van der Waals surface area contributed by atoms with Crippen molar-refractivity contribution in [3.05, 3.63) is 33.7 Å². The van der Waals surface area contributed by atoms with E-state index in [9.17, 15) is 4.79 Å². The van der Waals surface area contributed by atoms with Crippen LogP contribution in [0.15, 0.2) is 23.3 Å². The van der Waals surface area contributed by atoms with E-state index >= 15 is 0 Å². The number of thiophene rings is 1. The number of carbonyl (C=O) groups excluding carboxylic acids is 1. The number of nitrogens with zero attached hydrogens (tertiary/aromatic N) is 1. The molecule has 0 unspecified atom stereocenters. The minimum Gasteiger partial charge on any atom is -0.266 e. The van der Waals surface area contributed by atoms with E-state index in [4.69, 9.17) is 11.6 Å². The molecule has 1 heterocycles. The number of hydrogen-bond donors (Lipinski definition) is 1. The topological polar surface area (TPSA) is 41.5 Å². The van der Waals surface area contributed by atoms with E-state index in [0.717, 1.165) is 21.9 Å². The smallest absolute Gasteiger partial charge is 0.266 e. The average molecular weight is 373 g/mol. The van der Waals surface area contributed by atoms with Gasteiger partial charge in [0.05, 0.1) is 5.02 Å². The molecule has 4 fully saturated rings. The Hall–Kier alpha value is -1.39. The summed E-state index contributed by atoms with van der Waals surface area (Å²) >= 11 is 7.90. The summed E-state index contributed by atoms with van der Waals surface area (Å²) in [6, 6.07) is 6.09. The predicted octanol–water partition coefficient (Wildman–Crippen LogP) is 5.41. The van der Waals surface area contributed by atoms with E-state index in [-0.39, 0.29) is 5.91 Å². The maximum atomic E-state index is 12.7. The van der Waals surface area contributed by atoms with Crippen LogP contribution >= 0.6 is 22.9 Å². The van der Waals surface area contributed by atoms with Gasteiger partial charge in [-0.25, -0.2) is 5.43 Å². The molecule has 1 amide bonds. The molecular weight excluding hydrogens is 352 g/mol. The third-order valence-corrected chi connectivity index (χ3v) is 7.91. The van der Waals surface area contributed by atoms with Crippen molar-refractivity contribution < 1.29 is 4.79 Å². The Labute approximate surface area is 156 Å². The lowest BCUT2D eigenvalue weighted by Gasteiger charge is -2.50. The summed E-state index contributed by atoms with van der Waals surface area (Å²) in [5.41, 5.74) is 5.23. The molecule has 5 heteroatoms. The molecule has 4 bridgehead atoms. The van der Waals surface area contributed by atoms with E-state index < -0.39 is 0 Å². The molecule has 1 N–H and O–H groups in total. The van der Waals surface area contributed by atoms with E-state index in [2.05, 4.69) is 16.6 Å². The minimum absolute atomic E-state index is 0.176. The van der Waals surface area contributed by atoms with Crippen LogP contribution in [-0.4, -0.2) is 11.6 Å². The summed E-state index contributed by atoms with van der Waals surface area (Å²) in [5, 5.41) is 6.09. The molecule has 0 atom stereocenters. The van der Waals surface area contributed by atoms with Crippen LogP contribution in [0.2, 0.25) is 5.02 Å². The second-order valence-electron chi connectivity index (χ2n) is 8.03. The standard InChI is InChI=1S/C20H21ClN2OS/c1-10-2-3-15-16(4-10)25-19(17(15)21)20(24)23-22-18-13-6-11-5-12(8-13)9-14(18)7-11/h2-4,11-14H,5-9H2,1H3,(H,23,24). The van der Waals surface area contributed by atoms with Crippen LogP contribution in [0.3, 0.4) is 0 Å². The fourth-order valence-corrected chi connectivity index (χ4v) is 6.84. The summed E-state index contributed by atoms with van der Waals surface area (Å²) in [6.07, 6.45) is 6.49. The fraction of sp³-hybridized carbons (Fsp3) is 0.500. The highest BCUT2D eigenvalue weighted by atomic mass is 35.5. The summed E-state index contributed by atoms with van der Waals surface area (Å²) in [4.78, 5) is 13.2. The average Bonchev–Trinajstić information content (AvgIpc) is 2.89. The van der Waals surface area contributed by atoms with Crippen LogP contribution in [0.5, 0.6) is 0 Å². The molecule has 1 aromatic carbocycles. The lowest BCUT2D eigenvalue weighted by molar-refractivity contribution is 0.0946. The van der Waals surface area contributed by atoms with Gasteiger partial charge in [0.1, 0.15) is 4.88 Å². The maximum absolute atomic E-state index is 12.7. The van der Waals surface area contributed by atoms with E-state index in [1.165, 1.54) is 54.7 Å². The predicted molar refractivity (Wildman–Crippen MR) is 104 cm³/mol. The van der Waals surface area contributed by atoms with Gasteiger partial charge in [0, 0.05) is 15.8 Å². The first kappa shape index (κ1) is 15.8. The van der Waals surface area contributed by atoms with E-state index in [0.29, 0.717) is 21.7 Å². The number of fused-ring (bicyclic) bond motifs is 1. The van der Waals surface area contributed by atoms with Crippen molar-refractivity contribution in [2.24, 2.45) is 28.8 Å². The molecule has 2 aromatic rings. The van der Waals surface area contributed by atoms with Crippen molar-refractivity contribution in [2.45, 2.75) is 39.0 Å². The summed E-state index contributed by atoms with van der Waals surface area (Å²) < 4.78 is 1.05. The Morgan fingerprint density at radius 2 is 1.84 bits per heavy atom. The number of amides is 1. The minimum atomic E-state index is -0.176. The molecule has 4 aliphatic carbocycles. The Bertz CT molecular complexity index is 870. The number of aryl methyl sites for hydroxylation is 1. The van der Waals surface area contributed by atoms with Gasteiger partial charge in [-0.05, 0) is 74.3 Å². The third kappa shape index (κ3) is 2.61. The quantitative estimate of drug-likeness (QED) is 0.704.